The topological polar surface area (TPSA) is 50.2 Å². The van der Waals surface area contributed by atoms with Crippen LogP contribution in [0.15, 0.2) is 24.5 Å². The standard InChI is InChI=1S/C6H5NO2.K.H/c8-6(9)5-2-1-3-7-4-5;;/h1-4H,(H,8,9);;/q;+1;-1. The van der Waals surface area contributed by atoms with E-state index in [-0.39, 0.29) is 58.4 Å². The van der Waals surface area contributed by atoms with Crippen LogP contribution in [0.3, 0.4) is 0 Å². The Morgan fingerprint density at radius 1 is 1.70 bits per heavy atom. The Morgan fingerprint density at radius 2 is 2.40 bits per heavy atom. The van der Waals surface area contributed by atoms with E-state index in [4.69, 9.17) is 5.11 Å². The van der Waals surface area contributed by atoms with E-state index in [1.807, 2.05) is 0 Å². The van der Waals surface area contributed by atoms with E-state index in [2.05, 4.69) is 4.98 Å². The number of hydrogen-bond acceptors (Lipinski definition) is 2. The van der Waals surface area contributed by atoms with Crippen molar-refractivity contribution in [3.63, 3.8) is 0 Å². The molecule has 48 valence electrons. The van der Waals surface area contributed by atoms with E-state index >= 15 is 0 Å². The third-order valence-electron chi connectivity index (χ3n) is 0.908. The normalized spacial score (nSPS) is 8.00. The van der Waals surface area contributed by atoms with Gasteiger partial charge >= 0.3 is 57.4 Å². The molecule has 3 nitrogen and oxygen atoms in total. The van der Waals surface area contributed by atoms with Crippen LogP contribution in [0.1, 0.15) is 11.8 Å². The van der Waals surface area contributed by atoms with Crippen LogP contribution in [-0.4, -0.2) is 16.1 Å². The van der Waals surface area contributed by atoms with Crippen molar-refractivity contribution in [2.75, 3.05) is 0 Å². The number of carboxylic acid groups (broad SMARTS) is 1. The van der Waals surface area contributed by atoms with Gasteiger partial charge in [-0.2, -0.15) is 0 Å². The van der Waals surface area contributed by atoms with Crippen LogP contribution in [0, 0.1) is 0 Å². The predicted octanol–water partition coefficient (Wildman–Crippen LogP) is -2.10. The van der Waals surface area contributed by atoms with Gasteiger partial charge in [-0.1, -0.05) is 0 Å². The van der Waals surface area contributed by atoms with Crippen LogP contribution in [0.2, 0.25) is 0 Å². The molecule has 0 fully saturated rings. The summed E-state index contributed by atoms with van der Waals surface area (Å²) in [5.74, 6) is -0.942. The molecule has 0 radical (unpaired) electrons. The van der Waals surface area contributed by atoms with Crippen molar-refractivity contribution in [3.8, 4) is 0 Å². The first-order chi connectivity index (χ1) is 4.30. The Balaban J connectivity index is 0. The number of aromatic nitrogens is 1. The maximum atomic E-state index is 10.2. The molecular formula is C6H6KNO2. The minimum atomic E-state index is -0.942. The smallest absolute Gasteiger partial charge is 1.00 e. The van der Waals surface area contributed by atoms with E-state index in [0.29, 0.717) is 0 Å². The summed E-state index contributed by atoms with van der Waals surface area (Å²) in [6.45, 7) is 0. The fourth-order valence-corrected chi connectivity index (χ4v) is 0.489. The van der Waals surface area contributed by atoms with Crippen LogP contribution < -0.4 is 51.4 Å². The predicted molar refractivity (Wildman–Crippen MR) is 32.3 cm³/mol. The first-order valence-corrected chi connectivity index (χ1v) is 2.44. The number of carbonyl (C=O) groups is 1. The maximum Gasteiger partial charge on any atom is 1.00 e. The van der Waals surface area contributed by atoms with Crippen molar-refractivity contribution < 1.29 is 62.7 Å². The molecule has 0 amide bonds. The summed E-state index contributed by atoms with van der Waals surface area (Å²) in [6, 6.07) is 3.08. The summed E-state index contributed by atoms with van der Waals surface area (Å²) in [5.41, 5.74) is 0.220. The van der Waals surface area contributed by atoms with E-state index < -0.39 is 5.97 Å². The van der Waals surface area contributed by atoms with Crippen molar-refractivity contribution in [3.05, 3.63) is 30.1 Å². The largest absolute Gasteiger partial charge is 1.00 e. The van der Waals surface area contributed by atoms with E-state index in [1.54, 1.807) is 6.07 Å². The molecule has 0 aliphatic rings. The van der Waals surface area contributed by atoms with Gasteiger partial charge in [-0.3, -0.25) is 4.98 Å². The summed E-state index contributed by atoms with van der Waals surface area (Å²) >= 11 is 0. The second-order valence-corrected chi connectivity index (χ2v) is 1.55. The maximum absolute atomic E-state index is 10.2. The minimum Gasteiger partial charge on any atom is -1.00 e. The Hall–Kier alpha value is 0.256. The molecule has 0 aliphatic carbocycles. The fraction of sp³-hybridized carbons (Fsp3) is 0. The molecule has 0 aromatic carbocycles. The van der Waals surface area contributed by atoms with Crippen molar-refractivity contribution in [2.45, 2.75) is 0 Å². The second-order valence-electron chi connectivity index (χ2n) is 1.55. The average molecular weight is 163 g/mol. The Bertz CT molecular complexity index is 217. The third kappa shape index (κ3) is 2.89. The third-order valence-corrected chi connectivity index (χ3v) is 0.908. The number of aromatic carboxylic acids is 1. The molecule has 1 aromatic rings. The molecule has 0 atom stereocenters. The van der Waals surface area contributed by atoms with Crippen molar-refractivity contribution in [1.29, 1.82) is 0 Å². The van der Waals surface area contributed by atoms with Gasteiger partial charge in [0.05, 0.1) is 5.56 Å². The molecule has 0 saturated carbocycles. The molecule has 0 bridgehead atoms. The van der Waals surface area contributed by atoms with Gasteiger partial charge in [0, 0.05) is 12.4 Å². The molecule has 1 rings (SSSR count). The number of rotatable bonds is 1. The van der Waals surface area contributed by atoms with Crippen LogP contribution in [0.25, 0.3) is 0 Å². The first kappa shape index (κ1) is 10.3. The number of hydrogen-bond donors (Lipinski definition) is 1. The van der Waals surface area contributed by atoms with Gasteiger partial charge in [0.15, 0.2) is 0 Å². The molecule has 1 aromatic heterocycles. The van der Waals surface area contributed by atoms with Gasteiger partial charge in [-0.05, 0) is 12.1 Å². The van der Waals surface area contributed by atoms with E-state index in [1.165, 1.54) is 18.5 Å². The summed E-state index contributed by atoms with van der Waals surface area (Å²) in [4.78, 5) is 13.8. The van der Waals surface area contributed by atoms with Crippen LogP contribution >= 0.6 is 0 Å². The monoisotopic (exact) mass is 163 g/mol. The Labute approximate surface area is 102 Å². The molecule has 0 saturated heterocycles. The zero-order chi connectivity index (χ0) is 6.69. The van der Waals surface area contributed by atoms with Crippen molar-refractivity contribution in [1.82, 2.24) is 4.98 Å². The first-order valence-electron chi connectivity index (χ1n) is 2.44. The quantitative estimate of drug-likeness (QED) is 0.482. The Kier molecular flexibility index (Phi) is 5.11. The minimum absolute atomic E-state index is 0. The van der Waals surface area contributed by atoms with Gasteiger partial charge in [0.2, 0.25) is 0 Å². The number of nitrogens with zero attached hydrogens (tertiary/aromatic N) is 1. The van der Waals surface area contributed by atoms with Crippen molar-refractivity contribution >= 4 is 5.97 Å². The summed E-state index contributed by atoms with van der Waals surface area (Å²) in [6.07, 6.45) is 2.84. The van der Waals surface area contributed by atoms with Crippen LogP contribution in [0.5, 0.6) is 0 Å². The van der Waals surface area contributed by atoms with Crippen molar-refractivity contribution in [2.24, 2.45) is 0 Å². The van der Waals surface area contributed by atoms with Gasteiger partial charge in [0.25, 0.3) is 0 Å². The average Bonchev–Trinajstić information content (AvgIpc) is 1.90. The summed E-state index contributed by atoms with van der Waals surface area (Å²) in [5, 5.41) is 8.34. The molecule has 1 heterocycles. The zero-order valence-corrected chi connectivity index (χ0v) is 8.74. The molecule has 0 unspecified atom stereocenters. The fourth-order valence-electron chi connectivity index (χ4n) is 0.489. The number of carboxylic acids is 1. The van der Waals surface area contributed by atoms with Gasteiger partial charge in [-0.15, -0.1) is 0 Å². The molecular weight excluding hydrogens is 157 g/mol. The molecule has 1 N–H and O–H groups in total. The zero-order valence-electron chi connectivity index (χ0n) is 6.61. The molecule has 0 aliphatic heterocycles. The van der Waals surface area contributed by atoms with E-state index in [0.717, 1.165) is 0 Å². The molecule has 0 spiro atoms. The van der Waals surface area contributed by atoms with Crippen LogP contribution in [-0.2, 0) is 0 Å². The van der Waals surface area contributed by atoms with E-state index in [9.17, 15) is 4.79 Å². The van der Waals surface area contributed by atoms with Gasteiger partial charge < -0.3 is 6.53 Å². The number of pyridine rings is 1. The molecule has 10 heavy (non-hydrogen) atoms. The summed E-state index contributed by atoms with van der Waals surface area (Å²) in [7, 11) is 0. The molecule has 4 heteroatoms. The second kappa shape index (κ2) is 4.98. The SMILES string of the molecule is O=C(O)c1cccnc1.[H-].[K+]. The van der Waals surface area contributed by atoms with Gasteiger partial charge in [0.1, 0.15) is 0 Å². The Morgan fingerprint density at radius 3 is 2.70 bits per heavy atom. The van der Waals surface area contributed by atoms with Gasteiger partial charge in [-0.25, -0.2) is 4.79 Å². The summed E-state index contributed by atoms with van der Waals surface area (Å²) < 4.78 is 0. The van der Waals surface area contributed by atoms with Crippen LogP contribution in [0.4, 0.5) is 0 Å².